The van der Waals surface area contributed by atoms with Crippen molar-refractivity contribution >= 4 is 21.9 Å². The van der Waals surface area contributed by atoms with Crippen LogP contribution in [-0.4, -0.2) is 36.4 Å². The SMILES string of the molecule is O=C1O[C@@H]2[C@@H](Br)CC=C[C@]12CC1OCCO1. The lowest BCUT2D eigenvalue weighted by molar-refractivity contribution is -0.209. The van der Waals surface area contributed by atoms with E-state index in [2.05, 4.69) is 15.9 Å². The third-order valence-electron chi connectivity index (χ3n) is 3.42. The molecule has 0 N–H and O–H groups in total. The van der Waals surface area contributed by atoms with Crippen LogP contribution in [0.3, 0.4) is 0 Å². The molecule has 0 saturated carbocycles. The monoisotopic (exact) mass is 288 g/mol. The first-order chi connectivity index (χ1) is 7.72. The van der Waals surface area contributed by atoms with Gasteiger partial charge >= 0.3 is 5.97 Å². The maximum atomic E-state index is 11.7. The number of alkyl halides is 1. The second-order valence-electron chi connectivity index (χ2n) is 4.40. The van der Waals surface area contributed by atoms with E-state index >= 15 is 0 Å². The largest absolute Gasteiger partial charge is 0.459 e. The van der Waals surface area contributed by atoms with Gasteiger partial charge in [0.25, 0.3) is 0 Å². The first kappa shape index (κ1) is 10.7. The normalized spacial score (nSPS) is 42.7. The van der Waals surface area contributed by atoms with Crippen LogP contribution in [0.4, 0.5) is 0 Å². The van der Waals surface area contributed by atoms with Gasteiger partial charge < -0.3 is 14.2 Å². The van der Waals surface area contributed by atoms with Gasteiger partial charge in [-0.3, -0.25) is 4.79 Å². The van der Waals surface area contributed by atoms with E-state index in [0.717, 1.165) is 6.42 Å². The summed E-state index contributed by atoms with van der Waals surface area (Å²) in [6, 6.07) is 0. The molecule has 0 bridgehead atoms. The van der Waals surface area contributed by atoms with Crippen molar-refractivity contribution in [3.63, 3.8) is 0 Å². The van der Waals surface area contributed by atoms with Gasteiger partial charge in [0.2, 0.25) is 0 Å². The van der Waals surface area contributed by atoms with Crippen molar-refractivity contribution in [2.45, 2.75) is 30.1 Å². The molecule has 0 radical (unpaired) electrons. The van der Waals surface area contributed by atoms with E-state index < -0.39 is 5.41 Å². The number of hydrogen-bond acceptors (Lipinski definition) is 4. The van der Waals surface area contributed by atoms with Gasteiger partial charge in [0.1, 0.15) is 11.5 Å². The van der Waals surface area contributed by atoms with Crippen LogP contribution in [-0.2, 0) is 19.0 Å². The van der Waals surface area contributed by atoms with Crippen LogP contribution in [0.15, 0.2) is 12.2 Å². The van der Waals surface area contributed by atoms with Crippen molar-refractivity contribution in [3.05, 3.63) is 12.2 Å². The van der Waals surface area contributed by atoms with Crippen LogP contribution in [0, 0.1) is 5.41 Å². The minimum atomic E-state index is -0.526. The van der Waals surface area contributed by atoms with Crippen LogP contribution in [0.2, 0.25) is 0 Å². The van der Waals surface area contributed by atoms with Crippen LogP contribution >= 0.6 is 15.9 Å². The summed E-state index contributed by atoms with van der Waals surface area (Å²) in [6.45, 7) is 1.23. The lowest BCUT2D eigenvalue weighted by atomic mass is 9.69. The fourth-order valence-electron chi connectivity index (χ4n) is 2.55. The molecular formula is C11H13BrO4. The van der Waals surface area contributed by atoms with Gasteiger partial charge in [0.05, 0.1) is 18.0 Å². The predicted octanol–water partition coefficient (Wildman–Crippen LogP) is 1.38. The predicted molar refractivity (Wildman–Crippen MR) is 59.1 cm³/mol. The molecule has 2 saturated heterocycles. The first-order valence-electron chi connectivity index (χ1n) is 5.48. The highest BCUT2D eigenvalue weighted by atomic mass is 79.9. The molecule has 1 aliphatic carbocycles. The molecule has 2 aliphatic heterocycles. The maximum Gasteiger partial charge on any atom is 0.320 e. The van der Waals surface area contributed by atoms with Gasteiger partial charge in [-0.1, -0.05) is 28.1 Å². The Bertz CT molecular complexity index is 337. The summed E-state index contributed by atoms with van der Waals surface area (Å²) in [5, 5.41) is 0. The van der Waals surface area contributed by atoms with Gasteiger partial charge in [0, 0.05) is 6.42 Å². The molecule has 88 valence electrons. The zero-order chi connectivity index (χ0) is 11.2. The van der Waals surface area contributed by atoms with Gasteiger partial charge in [-0.25, -0.2) is 0 Å². The Morgan fingerprint density at radius 2 is 2.19 bits per heavy atom. The number of fused-ring (bicyclic) bond motifs is 1. The average molecular weight is 289 g/mol. The highest BCUT2D eigenvalue weighted by Crippen LogP contribution is 2.49. The van der Waals surface area contributed by atoms with Crippen LogP contribution < -0.4 is 0 Å². The van der Waals surface area contributed by atoms with Crippen molar-refractivity contribution < 1.29 is 19.0 Å². The maximum absolute atomic E-state index is 11.7. The third-order valence-corrected chi connectivity index (χ3v) is 4.28. The lowest BCUT2D eigenvalue weighted by Gasteiger charge is -2.49. The molecule has 3 rings (SSSR count). The fourth-order valence-corrected chi connectivity index (χ4v) is 3.34. The van der Waals surface area contributed by atoms with Gasteiger partial charge in [-0.05, 0) is 6.42 Å². The fraction of sp³-hybridized carbons (Fsp3) is 0.727. The molecule has 0 spiro atoms. The topological polar surface area (TPSA) is 44.8 Å². The third kappa shape index (κ3) is 1.45. The van der Waals surface area contributed by atoms with E-state index in [4.69, 9.17) is 14.2 Å². The number of carbonyl (C=O) groups excluding carboxylic acids is 1. The van der Waals surface area contributed by atoms with Gasteiger partial charge in [0.15, 0.2) is 6.29 Å². The summed E-state index contributed by atoms with van der Waals surface area (Å²) in [7, 11) is 0. The Kier molecular flexibility index (Phi) is 2.57. The molecule has 0 aromatic rings. The van der Waals surface area contributed by atoms with Crippen LogP contribution in [0.1, 0.15) is 12.8 Å². The zero-order valence-electron chi connectivity index (χ0n) is 8.73. The molecule has 2 fully saturated rings. The highest BCUT2D eigenvalue weighted by molar-refractivity contribution is 9.09. The van der Waals surface area contributed by atoms with Crippen molar-refractivity contribution in [3.8, 4) is 0 Å². The minimum absolute atomic E-state index is 0.0715. The Morgan fingerprint density at radius 3 is 2.88 bits per heavy atom. The second-order valence-corrected chi connectivity index (χ2v) is 5.57. The summed E-state index contributed by atoms with van der Waals surface area (Å²) < 4.78 is 16.0. The Hall–Kier alpha value is -0.390. The molecule has 0 amide bonds. The van der Waals surface area contributed by atoms with Crippen molar-refractivity contribution in [2.75, 3.05) is 13.2 Å². The van der Waals surface area contributed by atoms with Gasteiger partial charge in [-0.15, -0.1) is 0 Å². The number of rotatable bonds is 2. The molecule has 4 nitrogen and oxygen atoms in total. The van der Waals surface area contributed by atoms with Crippen LogP contribution in [0.5, 0.6) is 0 Å². The second kappa shape index (κ2) is 3.82. The summed E-state index contributed by atoms with van der Waals surface area (Å²) >= 11 is 3.55. The molecule has 2 heterocycles. The van der Waals surface area contributed by atoms with Crippen molar-refractivity contribution in [2.24, 2.45) is 5.41 Å². The van der Waals surface area contributed by atoms with Gasteiger partial charge in [-0.2, -0.15) is 0 Å². The quantitative estimate of drug-likeness (QED) is 0.438. The van der Waals surface area contributed by atoms with E-state index in [-0.39, 0.29) is 23.2 Å². The molecule has 16 heavy (non-hydrogen) atoms. The zero-order valence-corrected chi connectivity index (χ0v) is 10.3. The highest BCUT2D eigenvalue weighted by Gasteiger charge is 2.61. The molecule has 0 unspecified atom stereocenters. The number of carbonyl (C=O) groups is 1. The molecule has 3 aliphatic rings. The summed E-state index contributed by atoms with van der Waals surface area (Å²) in [4.78, 5) is 11.9. The summed E-state index contributed by atoms with van der Waals surface area (Å²) in [5.74, 6) is -0.156. The van der Waals surface area contributed by atoms with Crippen molar-refractivity contribution in [1.29, 1.82) is 0 Å². The number of allylic oxidation sites excluding steroid dienone is 1. The first-order valence-corrected chi connectivity index (χ1v) is 6.40. The van der Waals surface area contributed by atoms with E-state index in [1.165, 1.54) is 0 Å². The van der Waals surface area contributed by atoms with E-state index in [1.54, 1.807) is 0 Å². The summed E-state index contributed by atoms with van der Waals surface area (Å²) in [5.41, 5.74) is -0.526. The average Bonchev–Trinajstić information content (AvgIpc) is 2.75. The van der Waals surface area contributed by atoms with E-state index in [0.29, 0.717) is 19.6 Å². The van der Waals surface area contributed by atoms with Crippen LogP contribution in [0.25, 0.3) is 0 Å². The smallest absolute Gasteiger partial charge is 0.320 e. The minimum Gasteiger partial charge on any atom is -0.459 e. The number of esters is 1. The molecule has 5 heteroatoms. The molecule has 0 aromatic heterocycles. The van der Waals surface area contributed by atoms with E-state index in [1.807, 2.05) is 12.2 Å². The summed E-state index contributed by atoms with van der Waals surface area (Å²) in [6.07, 6.45) is 5.12. The Labute approximate surface area is 102 Å². The Balaban J connectivity index is 1.80. The lowest BCUT2D eigenvalue weighted by Crippen LogP contribution is -2.61. The number of halogens is 1. The van der Waals surface area contributed by atoms with Crippen molar-refractivity contribution in [1.82, 2.24) is 0 Å². The molecule has 3 atom stereocenters. The van der Waals surface area contributed by atoms with E-state index in [9.17, 15) is 4.79 Å². The molecular weight excluding hydrogens is 276 g/mol. The Morgan fingerprint density at radius 1 is 1.44 bits per heavy atom. The standard InChI is InChI=1S/C11H13BrO4/c12-7-2-1-3-11(9(7)16-10(11)13)6-8-14-4-5-15-8/h1,3,7-9H,2,4-6H2/t7-,9+,11+/m0/s1. The molecule has 0 aromatic carbocycles. The number of hydrogen-bond donors (Lipinski definition) is 0. The number of ether oxygens (including phenoxy) is 3.